The Bertz CT molecular complexity index is 483. The van der Waals surface area contributed by atoms with Crippen LogP contribution >= 0.6 is 20.0 Å². The molecule has 1 fully saturated rings. The van der Waals surface area contributed by atoms with Gasteiger partial charge < -0.3 is 20.7 Å². The minimum Gasteiger partial charge on any atom is -0.387 e. The molecule has 19 heavy (non-hydrogen) atoms. The number of hydrogen-bond acceptors (Lipinski definition) is 8. The van der Waals surface area contributed by atoms with Gasteiger partial charge in [0, 0.05) is 5.38 Å². The molecule has 0 spiro atoms. The zero-order chi connectivity index (χ0) is 14.0. The standard InChI is InChI=1S/C9H11N2O6PS/c10-8(14)3-2-19-9(11-3)7-6(13)5(12)4(17-7)1-16-18-15/h2,4-7,12-13H,1H2,(H2,10,14)/t4-,5-,6-,7-/m1/s1. The van der Waals surface area contributed by atoms with Gasteiger partial charge in [-0.2, -0.15) is 0 Å². The summed E-state index contributed by atoms with van der Waals surface area (Å²) in [6, 6.07) is 0. The van der Waals surface area contributed by atoms with Crippen molar-refractivity contribution in [3.8, 4) is 0 Å². The van der Waals surface area contributed by atoms with Crippen LogP contribution in [0.15, 0.2) is 5.38 Å². The number of primary amides is 1. The Kier molecular flexibility index (Phi) is 4.56. The summed E-state index contributed by atoms with van der Waals surface area (Å²) in [4.78, 5) is 14.9. The third kappa shape index (κ3) is 2.97. The maximum Gasteiger partial charge on any atom is 0.327 e. The van der Waals surface area contributed by atoms with Crippen molar-refractivity contribution < 1.29 is 28.8 Å². The summed E-state index contributed by atoms with van der Waals surface area (Å²) >= 11 is 1.09. The predicted octanol–water partition coefficient (Wildman–Crippen LogP) is -0.373. The van der Waals surface area contributed by atoms with Gasteiger partial charge in [-0.3, -0.25) is 9.32 Å². The van der Waals surface area contributed by atoms with Crippen LogP contribution in [0, 0.1) is 0 Å². The van der Waals surface area contributed by atoms with E-state index < -0.39 is 39.0 Å². The molecule has 104 valence electrons. The summed E-state index contributed by atoms with van der Waals surface area (Å²) in [6.45, 7) is -0.131. The molecule has 0 radical (unpaired) electrons. The van der Waals surface area contributed by atoms with E-state index in [0.29, 0.717) is 5.01 Å². The molecule has 4 N–H and O–H groups in total. The van der Waals surface area contributed by atoms with E-state index in [9.17, 15) is 19.6 Å². The molecule has 4 atom stereocenters. The van der Waals surface area contributed by atoms with Gasteiger partial charge in [-0.25, -0.2) is 9.55 Å². The number of nitrogens with zero attached hydrogens (tertiary/aromatic N) is 1. The molecule has 8 nitrogen and oxygen atoms in total. The Morgan fingerprint density at radius 2 is 2.32 bits per heavy atom. The van der Waals surface area contributed by atoms with Crippen LogP contribution in [0.2, 0.25) is 0 Å². The minimum atomic E-state index is -1.20. The van der Waals surface area contributed by atoms with Crippen LogP contribution in [-0.4, -0.2) is 46.0 Å². The maximum absolute atomic E-state index is 10.9. The van der Waals surface area contributed by atoms with Crippen LogP contribution < -0.4 is 5.73 Å². The first kappa shape index (κ1) is 14.4. The van der Waals surface area contributed by atoms with Gasteiger partial charge in [0.25, 0.3) is 5.91 Å². The molecule has 2 heterocycles. The maximum atomic E-state index is 10.9. The lowest BCUT2D eigenvalue weighted by Crippen LogP contribution is -2.32. The van der Waals surface area contributed by atoms with Crippen molar-refractivity contribution >= 4 is 25.9 Å². The van der Waals surface area contributed by atoms with Crippen molar-refractivity contribution in [1.29, 1.82) is 0 Å². The number of aromatic nitrogens is 1. The molecule has 1 saturated heterocycles. The second-order valence-corrected chi connectivity index (χ2v) is 5.18. The van der Waals surface area contributed by atoms with Crippen molar-refractivity contribution in [3.63, 3.8) is 0 Å². The lowest BCUT2D eigenvalue weighted by Gasteiger charge is -2.11. The van der Waals surface area contributed by atoms with E-state index in [1.54, 1.807) is 0 Å². The molecule has 1 amide bonds. The number of rotatable bonds is 5. The number of carbonyl (C=O) groups is 1. The van der Waals surface area contributed by atoms with Gasteiger partial charge in [0.15, 0.2) is 0 Å². The molecule has 2 rings (SSSR count). The predicted molar refractivity (Wildman–Crippen MR) is 63.8 cm³/mol. The lowest BCUT2D eigenvalue weighted by molar-refractivity contribution is -0.0147. The van der Waals surface area contributed by atoms with Crippen LogP contribution in [-0.2, 0) is 13.8 Å². The van der Waals surface area contributed by atoms with E-state index in [1.807, 2.05) is 0 Å². The Hall–Kier alpha value is -0.960. The third-order valence-corrected chi connectivity index (χ3v) is 3.83. The van der Waals surface area contributed by atoms with Gasteiger partial charge in [-0.1, -0.05) is 0 Å². The van der Waals surface area contributed by atoms with Gasteiger partial charge in [-0.15, -0.1) is 11.3 Å². The van der Waals surface area contributed by atoms with Gasteiger partial charge in [0.1, 0.15) is 35.1 Å². The lowest BCUT2D eigenvalue weighted by atomic mass is 10.1. The summed E-state index contributed by atoms with van der Waals surface area (Å²) in [5.74, 6) is -0.680. The molecule has 0 saturated carbocycles. The summed E-state index contributed by atoms with van der Waals surface area (Å²) in [6.07, 6.45) is -4.08. The highest BCUT2D eigenvalue weighted by Crippen LogP contribution is 2.35. The molecule has 0 aliphatic carbocycles. The molecule has 1 aromatic rings. The number of aliphatic hydroxyl groups excluding tert-OH is 2. The molecule has 1 aliphatic rings. The second kappa shape index (κ2) is 6.00. The summed E-state index contributed by atoms with van der Waals surface area (Å²) in [5, 5.41) is 21.4. The Labute approximate surface area is 113 Å². The Morgan fingerprint density at radius 3 is 2.89 bits per heavy atom. The molecular formula is C9H11N2O6PS. The smallest absolute Gasteiger partial charge is 0.327 e. The molecule has 1 aliphatic heterocycles. The number of hydrogen-bond donors (Lipinski definition) is 3. The van der Waals surface area contributed by atoms with Crippen LogP contribution in [0.1, 0.15) is 21.6 Å². The zero-order valence-electron chi connectivity index (χ0n) is 9.50. The third-order valence-electron chi connectivity index (χ3n) is 2.67. The molecule has 0 unspecified atom stereocenters. The summed E-state index contributed by atoms with van der Waals surface area (Å²) in [5.41, 5.74) is 5.15. The first-order valence-electron chi connectivity index (χ1n) is 5.26. The van der Waals surface area contributed by atoms with Gasteiger partial charge in [0.2, 0.25) is 0 Å². The Balaban J connectivity index is 2.11. The van der Waals surface area contributed by atoms with E-state index in [4.69, 9.17) is 10.5 Å². The summed E-state index contributed by atoms with van der Waals surface area (Å²) in [7, 11) is -0.536. The Morgan fingerprint density at radius 1 is 1.58 bits per heavy atom. The van der Waals surface area contributed by atoms with Crippen LogP contribution in [0.5, 0.6) is 0 Å². The highest BCUT2D eigenvalue weighted by Gasteiger charge is 2.45. The molecular weight excluding hydrogens is 295 g/mol. The van der Waals surface area contributed by atoms with Crippen molar-refractivity contribution in [3.05, 3.63) is 16.1 Å². The van der Waals surface area contributed by atoms with E-state index in [-0.39, 0.29) is 12.3 Å². The van der Waals surface area contributed by atoms with E-state index in [2.05, 4.69) is 9.51 Å². The average molecular weight is 306 g/mol. The first-order chi connectivity index (χ1) is 9.04. The van der Waals surface area contributed by atoms with E-state index in [1.165, 1.54) is 5.38 Å². The quantitative estimate of drug-likeness (QED) is 0.632. The van der Waals surface area contributed by atoms with Crippen LogP contribution in [0.25, 0.3) is 0 Å². The summed E-state index contributed by atoms with van der Waals surface area (Å²) < 4.78 is 20.2. The number of thiazole rings is 1. The van der Waals surface area contributed by atoms with E-state index in [0.717, 1.165) is 11.3 Å². The van der Waals surface area contributed by atoms with E-state index >= 15 is 0 Å². The van der Waals surface area contributed by atoms with Gasteiger partial charge >= 0.3 is 8.69 Å². The normalized spacial score (nSPS) is 30.8. The van der Waals surface area contributed by atoms with Crippen molar-refractivity contribution in [2.45, 2.75) is 24.4 Å². The fourth-order valence-electron chi connectivity index (χ4n) is 1.73. The number of aliphatic hydroxyl groups is 2. The first-order valence-corrected chi connectivity index (χ1v) is 6.87. The number of ether oxygens (including phenoxy) is 1. The van der Waals surface area contributed by atoms with Crippen LogP contribution in [0.3, 0.4) is 0 Å². The van der Waals surface area contributed by atoms with Crippen molar-refractivity contribution in [1.82, 2.24) is 4.98 Å². The molecule has 1 aromatic heterocycles. The number of amides is 1. The van der Waals surface area contributed by atoms with Crippen LogP contribution in [0.4, 0.5) is 0 Å². The molecule has 0 aromatic carbocycles. The largest absolute Gasteiger partial charge is 0.387 e. The number of carbonyl (C=O) groups excluding carboxylic acids is 1. The zero-order valence-corrected chi connectivity index (χ0v) is 11.2. The fraction of sp³-hybridized carbons (Fsp3) is 0.556. The van der Waals surface area contributed by atoms with Crippen molar-refractivity contribution in [2.24, 2.45) is 5.73 Å². The average Bonchev–Trinajstić information content (AvgIpc) is 2.95. The second-order valence-electron chi connectivity index (χ2n) is 3.88. The minimum absolute atomic E-state index is 0.0723. The fourth-order valence-corrected chi connectivity index (χ4v) is 2.82. The van der Waals surface area contributed by atoms with Crippen molar-refractivity contribution in [2.75, 3.05) is 6.61 Å². The topological polar surface area (TPSA) is 132 Å². The highest BCUT2D eigenvalue weighted by atomic mass is 32.1. The number of nitrogens with two attached hydrogens (primary N) is 1. The monoisotopic (exact) mass is 306 g/mol. The van der Waals surface area contributed by atoms with Gasteiger partial charge in [-0.05, 0) is 0 Å². The molecule has 10 heteroatoms. The highest BCUT2D eigenvalue weighted by molar-refractivity contribution is 7.17. The van der Waals surface area contributed by atoms with Gasteiger partial charge in [0.05, 0.1) is 6.61 Å². The molecule has 0 bridgehead atoms. The SMILES string of the molecule is NC(=O)c1csc([C@@H]2O[C@H](COP=O)[C@@H](O)[C@H]2O)n1.